The lowest BCUT2D eigenvalue weighted by atomic mass is 10.1. The zero-order valence-electron chi connectivity index (χ0n) is 12.0. The molecule has 2 aromatic rings. The molecule has 1 aliphatic rings. The number of carbonyl (C=O) groups excluding carboxylic acids is 2. The maximum atomic E-state index is 11.9. The minimum atomic E-state index is -0.790. The van der Waals surface area contributed by atoms with Gasteiger partial charge in [0.1, 0.15) is 5.75 Å². The average Bonchev–Trinajstić information content (AvgIpc) is 3.01. The van der Waals surface area contributed by atoms with E-state index in [1.54, 1.807) is 12.1 Å². The highest BCUT2D eigenvalue weighted by Gasteiger charge is 2.29. The number of anilines is 1. The van der Waals surface area contributed by atoms with E-state index in [9.17, 15) is 9.59 Å². The molecule has 0 saturated carbocycles. The molecule has 3 rings (SSSR count). The summed E-state index contributed by atoms with van der Waals surface area (Å²) in [6, 6.07) is 11.0. The fourth-order valence-corrected chi connectivity index (χ4v) is 2.31. The third-order valence-corrected chi connectivity index (χ3v) is 3.44. The van der Waals surface area contributed by atoms with Gasteiger partial charge in [-0.05, 0) is 24.3 Å². The second kappa shape index (κ2) is 6.34. The van der Waals surface area contributed by atoms with Gasteiger partial charge in [0.15, 0.2) is 6.10 Å². The fourth-order valence-electron chi connectivity index (χ4n) is 2.31. The molecule has 2 heterocycles. The second-order valence-electron chi connectivity index (χ2n) is 5.07. The van der Waals surface area contributed by atoms with Crippen LogP contribution in [-0.4, -0.2) is 29.0 Å². The minimum absolute atomic E-state index is 0.00580. The van der Waals surface area contributed by atoms with Gasteiger partial charge < -0.3 is 19.9 Å². The third-order valence-electron chi connectivity index (χ3n) is 3.44. The number of aromatic nitrogens is 1. The van der Waals surface area contributed by atoms with Gasteiger partial charge in [-0.15, -0.1) is 0 Å². The third kappa shape index (κ3) is 3.28. The molecule has 0 spiro atoms. The largest absolute Gasteiger partial charge is 0.478 e. The van der Waals surface area contributed by atoms with Crippen LogP contribution in [0.15, 0.2) is 48.8 Å². The number of amides is 2. The van der Waals surface area contributed by atoms with Gasteiger partial charge in [0, 0.05) is 25.5 Å². The molecule has 2 N–H and O–H groups in total. The second-order valence-corrected chi connectivity index (χ2v) is 5.07. The van der Waals surface area contributed by atoms with Crippen LogP contribution in [-0.2, 0) is 16.1 Å². The standard InChI is InChI=1S/C16H17N3O3/c20-15(17-7-10-19-8-3-4-9-19)11-14-16(21)18-12-5-1-2-6-13(12)22-14/h1-6,8-9,14H,7,10-11H2,(H,17,20)(H,18,21)/t14-/m1/s1. The molecule has 0 radical (unpaired) electrons. The number of carbonyl (C=O) groups is 2. The van der Waals surface area contributed by atoms with Gasteiger partial charge in [-0.3, -0.25) is 9.59 Å². The van der Waals surface area contributed by atoms with Crippen molar-refractivity contribution < 1.29 is 14.3 Å². The van der Waals surface area contributed by atoms with Crippen LogP contribution in [0, 0.1) is 0 Å². The molecule has 1 aromatic carbocycles. The molecule has 0 saturated heterocycles. The summed E-state index contributed by atoms with van der Waals surface area (Å²) in [5.74, 6) is 0.0955. The number of rotatable bonds is 5. The summed E-state index contributed by atoms with van der Waals surface area (Å²) in [5.41, 5.74) is 0.636. The zero-order valence-corrected chi connectivity index (χ0v) is 12.0. The van der Waals surface area contributed by atoms with Crippen molar-refractivity contribution in [1.82, 2.24) is 9.88 Å². The number of nitrogens with zero attached hydrogens (tertiary/aromatic N) is 1. The van der Waals surface area contributed by atoms with E-state index < -0.39 is 6.10 Å². The van der Waals surface area contributed by atoms with E-state index in [-0.39, 0.29) is 18.2 Å². The Hall–Kier alpha value is -2.76. The molecule has 6 nitrogen and oxygen atoms in total. The van der Waals surface area contributed by atoms with E-state index in [0.29, 0.717) is 24.5 Å². The van der Waals surface area contributed by atoms with Gasteiger partial charge in [0.05, 0.1) is 12.1 Å². The number of ether oxygens (including phenoxy) is 1. The van der Waals surface area contributed by atoms with E-state index >= 15 is 0 Å². The SMILES string of the molecule is O=C(C[C@H]1Oc2ccccc2NC1=O)NCCn1cccc1. The Labute approximate surface area is 128 Å². The molecular weight excluding hydrogens is 282 g/mol. The maximum Gasteiger partial charge on any atom is 0.266 e. The van der Waals surface area contributed by atoms with Gasteiger partial charge in [-0.2, -0.15) is 0 Å². The van der Waals surface area contributed by atoms with Crippen molar-refractivity contribution in [3.8, 4) is 5.75 Å². The summed E-state index contributed by atoms with van der Waals surface area (Å²) in [6.07, 6.45) is 3.08. The maximum absolute atomic E-state index is 11.9. The molecular formula is C16H17N3O3. The van der Waals surface area contributed by atoms with Gasteiger partial charge in [-0.25, -0.2) is 0 Å². The fraction of sp³-hybridized carbons (Fsp3) is 0.250. The summed E-state index contributed by atoms with van der Waals surface area (Å²) in [4.78, 5) is 23.8. The molecule has 1 atom stereocenters. The molecule has 6 heteroatoms. The number of hydrogen-bond acceptors (Lipinski definition) is 3. The molecule has 0 fully saturated rings. The Balaban J connectivity index is 1.50. The lowest BCUT2D eigenvalue weighted by Gasteiger charge is -2.25. The first-order valence-electron chi connectivity index (χ1n) is 7.16. The number of benzene rings is 1. The smallest absolute Gasteiger partial charge is 0.266 e. The molecule has 114 valence electrons. The topological polar surface area (TPSA) is 72.4 Å². The molecule has 1 aromatic heterocycles. The van der Waals surface area contributed by atoms with E-state index in [2.05, 4.69) is 10.6 Å². The van der Waals surface area contributed by atoms with Gasteiger partial charge in [-0.1, -0.05) is 12.1 Å². The van der Waals surface area contributed by atoms with E-state index in [1.807, 2.05) is 41.2 Å². The van der Waals surface area contributed by atoms with Crippen LogP contribution in [0.25, 0.3) is 0 Å². The molecule has 0 aliphatic carbocycles. The Kier molecular flexibility index (Phi) is 4.09. The number of hydrogen-bond donors (Lipinski definition) is 2. The minimum Gasteiger partial charge on any atom is -0.478 e. The average molecular weight is 299 g/mol. The normalized spacial score (nSPS) is 16.4. The highest BCUT2D eigenvalue weighted by molar-refractivity contribution is 5.99. The van der Waals surface area contributed by atoms with Crippen molar-refractivity contribution in [2.75, 3.05) is 11.9 Å². The van der Waals surface area contributed by atoms with Gasteiger partial charge >= 0.3 is 0 Å². The van der Waals surface area contributed by atoms with Crippen LogP contribution in [0.5, 0.6) is 5.75 Å². The molecule has 1 aliphatic heterocycles. The zero-order chi connectivity index (χ0) is 15.4. The van der Waals surface area contributed by atoms with Crippen LogP contribution in [0.4, 0.5) is 5.69 Å². The molecule has 22 heavy (non-hydrogen) atoms. The molecule has 0 bridgehead atoms. The lowest BCUT2D eigenvalue weighted by Crippen LogP contribution is -2.41. The summed E-state index contributed by atoms with van der Waals surface area (Å²) in [7, 11) is 0. The van der Waals surface area contributed by atoms with Crippen LogP contribution in [0.1, 0.15) is 6.42 Å². The quantitative estimate of drug-likeness (QED) is 0.876. The first-order valence-corrected chi connectivity index (χ1v) is 7.16. The highest BCUT2D eigenvalue weighted by Crippen LogP contribution is 2.29. The molecule has 2 amide bonds. The Morgan fingerprint density at radius 2 is 2.00 bits per heavy atom. The van der Waals surface area contributed by atoms with Crippen LogP contribution < -0.4 is 15.4 Å². The number of fused-ring (bicyclic) bond motifs is 1. The first kappa shape index (κ1) is 14.2. The Morgan fingerprint density at radius 1 is 1.23 bits per heavy atom. The van der Waals surface area contributed by atoms with E-state index in [4.69, 9.17) is 4.74 Å². The summed E-state index contributed by atoms with van der Waals surface area (Å²) < 4.78 is 7.56. The first-order chi connectivity index (χ1) is 10.7. The predicted octanol–water partition coefficient (Wildman–Crippen LogP) is 1.39. The van der Waals surface area contributed by atoms with Crippen molar-refractivity contribution in [2.24, 2.45) is 0 Å². The number of para-hydroxylation sites is 2. The van der Waals surface area contributed by atoms with Crippen molar-refractivity contribution >= 4 is 17.5 Å². The van der Waals surface area contributed by atoms with Crippen molar-refractivity contribution in [3.05, 3.63) is 48.8 Å². The van der Waals surface area contributed by atoms with E-state index in [1.165, 1.54) is 0 Å². The van der Waals surface area contributed by atoms with Gasteiger partial charge in [0.2, 0.25) is 5.91 Å². The lowest BCUT2D eigenvalue weighted by molar-refractivity contribution is -0.130. The summed E-state index contributed by atoms with van der Waals surface area (Å²) in [5, 5.41) is 5.54. The van der Waals surface area contributed by atoms with Crippen LogP contribution in [0.3, 0.4) is 0 Å². The predicted molar refractivity (Wildman–Crippen MR) is 81.5 cm³/mol. The monoisotopic (exact) mass is 299 g/mol. The van der Waals surface area contributed by atoms with E-state index in [0.717, 1.165) is 0 Å². The Morgan fingerprint density at radius 3 is 2.82 bits per heavy atom. The highest BCUT2D eigenvalue weighted by atomic mass is 16.5. The van der Waals surface area contributed by atoms with Gasteiger partial charge in [0.25, 0.3) is 5.91 Å². The van der Waals surface area contributed by atoms with Crippen LogP contribution in [0.2, 0.25) is 0 Å². The summed E-state index contributed by atoms with van der Waals surface area (Å²) in [6.45, 7) is 1.21. The van der Waals surface area contributed by atoms with Crippen molar-refractivity contribution in [2.45, 2.75) is 19.1 Å². The molecule has 0 unspecified atom stereocenters. The van der Waals surface area contributed by atoms with Crippen LogP contribution >= 0.6 is 0 Å². The van der Waals surface area contributed by atoms with Crippen molar-refractivity contribution in [3.63, 3.8) is 0 Å². The Bertz CT molecular complexity index is 667. The van der Waals surface area contributed by atoms with Crippen molar-refractivity contribution in [1.29, 1.82) is 0 Å². The summed E-state index contributed by atoms with van der Waals surface area (Å²) >= 11 is 0. The number of nitrogens with one attached hydrogen (secondary N) is 2.